The normalized spacial score (nSPS) is 8.23. The number of rotatable bonds is 1. The molecule has 0 heterocycles. The molecule has 68 valence electrons. The van der Waals surface area contributed by atoms with E-state index in [-0.39, 0.29) is 29.4 Å². The Morgan fingerprint density at radius 3 is 2.54 bits per heavy atom. The van der Waals surface area contributed by atoms with E-state index in [1.807, 2.05) is 0 Å². The molecule has 0 aliphatic heterocycles. The molecule has 0 aromatic heterocycles. The fraction of sp³-hybridized carbons (Fsp3) is 0. The molecule has 1 rings (SSSR count). The summed E-state index contributed by atoms with van der Waals surface area (Å²) in [4.78, 5) is 13.1. The van der Waals surface area contributed by atoms with Gasteiger partial charge in [0.15, 0.2) is 4.98 Å². The second-order valence-corrected chi connectivity index (χ2v) is 2.11. The highest BCUT2D eigenvalue weighted by Gasteiger charge is 2.15. The average molecular weight is 201 g/mol. The first-order valence-corrected chi connectivity index (χ1v) is 3.06. The van der Waals surface area contributed by atoms with Gasteiger partial charge < -0.3 is 22.6 Å². The van der Waals surface area contributed by atoms with Crippen LogP contribution in [-0.2, 0) is 0 Å². The van der Waals surface area contributed by atoms with Crippen LogP contribution in [0.4, 0.5) is 5.69 Å². The van der Waals surface area contributed by atoms with Crippen LogP contribution in [0, 0.1) is 5.39 Å². The summed E-state index contributed by atoms with van der Waals surface area (Å²) in [5.74, 6) is -1.40. The zero-order valence-electron chi connectivity index (χ0n) is 6.31. The van der Waals surface area contributed by atoms with E-state index in [0.29, 0.717) is 0 Å². The molecule has 1 aromatic rings. The average Bonchev–Trinajstić information content (AvgIpc) is 2.05. The monoisotopic (exact) mass is 200 g/mol. The summed E-state index contributed by atoms with van der Waals surface area (Å²) in [6.07, 6.45) is 0. The summed E-state index contributed by atoms with van der Waals surface area (Å²) < 4.78 is 0. The lowest BCUT2D eigenvalue weighted by molar-refractivity contribution is -0.0000192. The van der Waals surface area contributed by atoms with Crippen LogP contribution < -0.4 is 12.4 Å². The minimum atomic E-state index is -1.14. The highest BCUT2D eigenvalue weighted by Crippen LogP contribution is 2.26. The van der Waals surface area contributed by atoms with Crippen LogP contribution in [0.3, 0.4) is 0 Å². The van der Waals surface area contributed by atoms with Crippen molar-refractivity contribution >= 4 is 11.7 Å². The van der Waals surface area contributed by atoms with Crippen LogP contribution in [0.1, 0.15) is 10.4 Å². The maximum absolute atomic E-state index is 10.4. The van der Waals surface area contributed by atoms with E-state index in [1.165, 1.54) is 6.07 Å². The maximum atomic E-state index is 10.4. The Morgan fingerprint density at radius 2 is 2.08 bits per heavy atom. The zero-order chi connectivity index (χ0) is 9.14. The molecule has 0 saturated carbocycles. The van der Waals surface area contributed by atoms with Gasteiger partial charge >= 0.3 is 11.7 Å². The van der Waals surface area contributed by atoms with E-state index >= 15 is 0 Å². The number of aromatic carboxylic acids is 1. The fourth-order valence-corrected chi connectivity index (χ4v) is 0.737. The standard InChI is InChI=1S/C7H4N2O3.ClH/c8-9-5-3-4(7(11)12)1-2-6(5)10;/h1-3H,(H-,10,11,12);1H. The summed E-state index contributed by atoms with van der Waals surface area (Å²) in [5, 5.41) is 25.8. The summed E-state index contributed by atoms with van der Waals surface area (Å²) >= 11 is 0. The number of carboxylic acid groups (broad SMARTS) is 1. The van der Waals surface area contributed by atoms with Gasteiger partial charge in [0, 0.05) is 0 Å². The third-order valence-electron chi connectivity index (χ3n) is 1.33. The largest absolute Gasteiger partial charge is 1.00 e. The molecule has 0 spiro atoms. The van der Waals surface area contributed by atoms with Crippen LogP contribution in [-0.4, -0.2) is 16.2 Å². The Morgan fingerprint density at radius 1 is 1.46 bits per heavy atom. The molecular formula is C7H5ClN2O3. The number of halogens is 1. The van der Waals surface area contributed by atoms with Crippen molar-refractivity contribution in [2.24, 2.45) is 0 Å². The fourth-order valence-electron chi connectivity index (χ4n) is 0.737. The number of carbonyl (C=O) groups is 1. The molecular weight excluding hydrogens is 196 g/mol. The molecule has 13 heavy (non-hydrogen) atoms. The minimum Gasteiger partial charge on any atom is -1.00 e. The van der Waals surface area contributed by atoms with Gasteiger partial charge in [0.05, 0.1) is 11.6 Å². The van der Waals surface area contributed by atoms with Crippen molar-refractivity contribution < 1.29 is 27.4 Å². The van der Waals surface area contributed by atoms with E-state index in [9.17, 15) is 4.79 Å². The van der Waals surface area contributed by atoms with Crippen molar-refractivity contribution in [1.29, 1.82) is 5.39 Å². The predicted molar refractivity (Wildman–Crippen MR) is 39.8 cm³/mol. The second-order valence-electron chi connectivity index (χ2n) is 2.11. The molecule has 2 N–H and O–H groups in total. The lowest BCUT2D eigenvalue weighted by Gasteiger charge is -1.90. The van der Waals surface area contributed by atoms with Gasteiger partial charge in [0.2, 0.25) is 11.1 Å². The molecule has 0 aliphatic carbocycles. The number of nitrogens with zero attached hydrogens (tertiary/aromatic N) is 2. The van der Waals surface area contributed by atoms with Crippen LogP contribution >= 0.6 is 0 Å². The lowest BCUT2D eigenvalue weighted by atomic mass is 10.2. The Kier molecular flexibility index (Phi) is 3.69. The number of hydrogen-bond donors (Lipinski definition) is 2. The first-order valence-electron chi connectivity index (χ1n) is 3.06. The van der Waals surface area contributed by atoms with Crippen molar-refractivity contribution in [3.8, 4) is 5.75 Å². The van der Waals surface area contributed by atoms with Crippen molar-refractivity contribution in [3.05, 3.63) is 28.7 Å². The summed E-state index contributed by atoms with van der Waals surface area (Å²) in [7, 11) is 0. The molecule has 0 unspecified atom stereocenters. The van der Waals surface area contributed by atoms with Crippen molar-refractivity contribution in [2.45, 2.75) is 0 Å². The van der Waals surface area contributed by atoms with Gasteiger partial charge in [-0.1, -0.05) is 0 Å². The van der Waals surface area contributed by atoms with E-state index in [0.717, 1.165) is 12.1 Å². The van der Waals surface area contributed by atoms with Crippen LogP contribution in [0.15, 0.2) is 18.2 Å². The van der Waals surface area contributed by atoms with E-state index in [1.54, 1.807) is 0 Å². The van der Waals surface area contributed by atoms with Gasteiger partial charge in [0.1, 0.15) is 0 Å². The van der Waals surface area contributed by atoms with Gasteiger partial charge in [-0.3, -0.25) is 0 Å². The summed E-state index contributed by atoms with van der Waals surface area (Å²) in [6, 6.07) is 3.43. The molecule has 0 aliphatic rings. The van der Waals surface area contributed by atoms with Crippen LogP contribution in [0.2, 0.25) is 0 Å². The molecule has 0 atom stereocenters. The minimum absolute atomic E-state index is 0. The number of phenolic OH excluding ortho intramolecular Hbond substituents is 1. The third-order valence-corrected chi connectivity index (χ3v) is 1.33. The Labute approximate surface area is 79.7 Å². The Hall–Kier alpha value is -1.80. The highest BCUT2D eigenvalue weighted by molar-refractivity contribution is 5.89. The quantitative estimate of drug-likeness (QED) is 0.545. The van der Waals surface area contributed by atoms with E-state index in [4.69, 9.17) is 15.6 Å². The number of phenols is 1. The Balaban J connectivity index is 0.00000144. The molecule has 0 radical (unpaired) electrons. The number of carboxylic acids is 1. The summed E-state index contributed by atoms with van der Waals surface area (Å²) in [6.45, 7) is 0. The first-order chi connectivity index (χ1) is 5.65. The van der Waals surface area contributed by atoms with Crippen LogP contribution in [0.25, 0.3) is 4.98 Å². The van der Waals surface area contributed by atoms with Gasteiger partial charge in [0.25, 0.3) is 0 Å². The summed E-state index contributed by atoms with van der Waals surface area (Å²) in [5.41, 5.74) is -0.199. The zero-order valence-corrected chi connectivity index (χ0v) is 7.06. The molecule has 0 bridgehead atoms. The molecule has 0 fully saturated rings. The predicted octanol–water partition coefficient (Wildman–Crippen LogP) is -1.42. The first kappa shape index (κ1) is 11.2. The number of diazo groups is 1. The molecule has 5 nitrogen and oxygen atoms in total. The van der Waals surface area contributed by atoms with Crippen molar-refractivity contribution in [3.63, 3.8) is 0 Å². The van der Waals surface area contributed by atoms with Crippen LogP contribution in [0.5, 0.6) is 5.75 Å². The SMILES string of the molecule is N#[N+]c1cc(C(=O)O)ccc1O.[Cl-]. The maximum Gasteiger partial charge on any atom is 0.426 e. The van der Waals surface area contributed by atoms with Gasteiger partial charge in [-0.15, -0.1) is 0 Å². The van der Waals surface area contributed by atoms with E-state index in [2.05, 4.69) is 4.98 Å². The van der Waals surface area contributed by atoms with Gasteiger partial charge in [-0.2, -0.15) is 0 Å². The van der Waals surface area contributed by atoms with Crippen molar-refractivity contribution in [1.82, 2.24) is 0 Å². The molecule has 0 amide bonds. The smallest absolute Gasteiger partial charge is 0.426 e. The van der Waals surface area contributed by atoms with Gasteiger partial charge in [-0.05, 0) is 12.1 Å². The van der Waals surface area contributed by atoms with E-state index < -0.39 is 5.97 Å². The number of aromatic hydroxyl groups is 1. The molecule has 0 saturated heterocycles. The highest BCUT2D eigenvalue weighted by atomic mass is 35.5. The van der Waals surface area contributed by atoms with Gasteiger partial charge in [-0.25, -0.2) is 4.79 Å². The molecule has 6 heteroatoms. The molecule has 1 aromatic carbocycles. The van der Waals surface area contributed by atoms with Crippen molar-refractivity contribution in [2.75, 3.05) is 0 Å². The second kappa shape index (κ2) is 4.28. The number of hydrogen-bond acceptors (Lipinski definition) is 3. The number of benzene rings is 1. The Bertz CT molecular complexity index is 372. The lowest BCUT2D eigenvalue weighted by Crippen LogP contribution is -3.00. The topological polar surface area (TPSA) is 85.7 Å². The third kappa shape index (κ3) is 2.32.